The van der Waals surface area contributed by atoms with Crippen LogP contribution in [0.1, 0.15) is 18.1 Å². The van der Waals surface area contributed by atoms with Gasteiger partial charge in [-0.2, -0.15) is 0 Å². The summed E-state index contributed by atoms with van der Waals surface area (Å²) in [6.07, 6.45) is 0. The first-order valence-corrected chi connectivity index (χ1v) is 11.3. The molecule has 2 heterocycles. The number of benzene rings is 2. The van der Waals surface area contributed by atoms with E-state index in [4.69, 9.17) is 4.42 Å². The highest BCUT2D eigenvalue weighted by molar-refractivity contribution is 9.10. The molecule has 0 fully saturated rings. The number of halogens is 1. The van der Waals surface area contributed by atoms with Gasteiger partial charge in [0.25, 0.3) is 0 Å². The predicted octanol–water partition coefficient (Wildman–Crippen LogP) is 5.82. The number of rotatable bonds is 6. The van der Waals surface area contributed by atoms with E-state index < -0.39 is 0 Å². The van der Waals surface area contributed by atoms with Gasteiger partial charge in [-0.1, -0.05) is 33.8 Å². The number of hydrogen-bond acceptors (Lipinski definition) is 5. The van der Waals surface area contributed by atoms with E-state index in [9.17, 15) is 4.79 Å². The average Bonchev–Trinajstić information content (AvgIpc) is 3.32. The predicted molar refractivity (Wildman–Crippen MR) is 124 cm³/mol. The first-order valence-electron chi connectivity index (χ1n) is 9.57. The summed E-state index contributed by atoms with van der Waals surface area (Å²) in [7, 11) is 0. The highest BCUT2D eigenvalue weighted by Gasteiger charge is 2.18. The molecule has 0 unspecified atom stereocenters. The number of nitrogens with zero attached hydrogens (tertiary/aromatic N) is 3. The van der Waals surface area contributed by atoms with Crippen molar-refractivity contribution in [2.75, 3.05) is 11.1 Å². The molecule has 154 valence electrons. The zero-order chi connectivity index (χ0) is 21.3. The van der Waals surface area contributed by atoms with Gasteiger partial charge in [0, 0.05) is 22.1 Å². The van der Waals surface area contributed by atoms with Crippen molar-refractivity contribution in [1.82, 2.24) is 14.8 Å². The van der Waals surface area contributed by atoms with Crippen molar-refractivity contribution in [1.29, 1.82) is 0 Å². The molecule has 0 aliphatic heterocycles. The molecule has 6 nitrogen and oxygen atoms in total. The number of thioether (sulfide) groups is 1. The van der Waals surface area contributed by atoms with Gasteiger partial charge >= 0.3 is 0 Å². The number of hydrogen-bond donors (Lipinski definition) is 1. The standard InChI is InChI=1S/C22H21BrN4O2S/c1-4-27-21(19-11-15-10-16(23)6-8-18(15)29-19)25-26-22(27)30-12-20(28)24-17-7-5-13(2)14(3)9-17/h5-11H,4,12H2,1-3H3,(H,24,28). The summed E-state index contributed by atoms with van der Waals surface area (Å²) in [6.45, 7) is 6.77. The van der Waals surface area contributed by atoms with Gasteiger partial charge < -0.3 is 9.73 Å². The number of carbonyl (C=O) groups excluding carboxylic acids is 1. The summed E-state index contributed by atoms with van der Waals surface area (Å²) in [5.74, 6) is 1.48. The van der Waals surface area contributed by atoms with Crippen molar-refractivity contribution in [2.45, 2.75) is 32.5 Å². The summed E-state index contributed by atoms with van der Waals surface area (Å²) >= 11 is 4.84. The van der Waals surface area contributed by atoms with Crippen LogP contribution in [0.3, 0.4) is 0 Å². The zero-order valence-corrected chi connectivity index (χ0v) is 19.3. The molecule has 0 spiro atoms. The van der Waals surface area contributed by atoms with Crippen LogP contribution in [0.25, 0.3) is 22.6 Å². The number of nitrogens with one attached hydrogen (secondary N) is 1. The van der Waals surface area contributed by atoms with Crippen LogP contribution >= 0.6 is 27.7 Å². The number of anilines is 1. The highest BCUT2D eigenvalue weighted by atomic mass is 79.9. The minimum Gasteiger partial charge on any atom is -0.453 e. The van der Waals surface area contributed by atoms with Crippen LogP contribution in [-0.2, 0) is 11.3 Å². The molecule has 4 rings (SSSR count). The van der Waals surface area contributed by atoms with Crippen LogP contribution in [0.5, 0.6) is 0 Å². The minimum absolute atomic E-state index is 0.0796. The molecule has 0 aliphatic carbocycles. The zero-order valence-electron chi connectivity index (χ0n) is 16.9. The van der Waals surface area contributed by atoms with Crippen LogP contribution in [0.4, 0.5) is 5.69 Å². The number of fused-ring (bicyclic) bond motifs is 1. The van der Waals surface area contributed by atoms with E-state index in [1.165, 1.54) is 17.3 Å². The van der Waals surface area contributed by atoms with E-state index in [1.807, 2.05) is 67.8 Å². The van der Waals surface area contributed by atoms with Crippen LogP contribution in [0.15, 0.2) is 56.5 Å². The molecular weight excluding hydrogens is 464 g/mol. The Kier molecular flexibility index (Phi) is 5.97. The number of carbonyl (C=O) groups is 1. The van der Waals surface area contributed by atoms with Gasteiger partial charge in [-0.25, -0.2) is 0 Å². The molecule has 1 amide bonds. The van der Waals surface area contributed by atoms with Crippen molar-refractivity contribution in [3.63, 3.8) is 0 Å². The monoisotopic (exact) mass is 484 g/mol. The fraction of sp³-hybridized carbons (Fsp3) is 0.227. The lowest BCUT2D eigenvalue weighted by molar-refractivity contribution is -0.113. The Morgan fingerprint density at radius 3 is 2.73 bits per heavy atom. The van der Waals surface area contributed by atoms with Gasteiger partial charge in [0.2, 0.25) is 11.7 Å². The summed E-state index contributed by atoms with van der Waals surface area (Å²) < 4.78 is 8.91. The Hall–Kier alpha value is -2.58. The SMILES string of the molecule is CCn1c(SCC(=O)Nc2ccc(C)c(C)c2)nnc1-c1cc2cc(Br)ccc2o1. The molecule has 4 aromatic rings. The Labute approximate surface area is 187 Å². The van der Waals surface area contributed by atoms with E-state index in [0.29, 0.717) is 23.3 Å². The first-order chi connectivity index (χ1) is 14.4. The van der Waals surface area contributed by atoms with E-state index in [1.54, 1.807) is 0 Å². The maximum atomic E-state index is 12.4. The molecule has 2 aromatic heterocycles. The van der Waals surface area contributed by atoms with Crippen molar-refractivity contribution < 1.29 is 9.21 Å². The quantitative estimate of drug-likeness (QED) is 0.349. The van der Waals surface area contributed by atoms with E-state index in [-0.39, 0.29) is 11.7 Å². The normalized spacial score (nSPS) is 11.2. The number of aryl methyl sites for hydroxylation is 2. The van der Waals surface area contributed by atoms with Crippen LogP contribution < -0.4 is 5.32 Å². The van der Waals surface area contributed by atoms with E-state index in [2.05, 4.69) is 31.4 Å². The largest absolute Gasteiger partial charge is 0.453 e. The molecule has 0 atom stereocenters. The molecule has 0 bridgehead atoms. The molecule has 0 radical (unpaired) electrons. The molecule has 2 aromatic carbocycles. The van der Waals surface area contributed by atoms with E-state index >= 15 is 0 Å². The number of furan rings is 1. The van der Waals surface area contributed by atoms with Crippen molar-refractivity contribution in [3.05, 3.63) is 58.1 Å². The van der Waals surface area contributed by atoms with Crippen LogP contribution in [0.2, 0.25) is 0 Å². The smallest absolute Gasteiger partial charge is 0.234 e. The lowest BCUT2D eigenvalue weighted by Gasteiger charge is -2.08. The van der Waals surface area contributed by atoms with Crippen LogP contribution in [-0.4, -0.2) is 26.4 Å². The first kappa shape index (κ1) is 20.7. The minimum atomic E-state index is -0.0796. The lowest BCUT2D eigenvalue weighted by Crippen LogP contribution is -2.14. The van der Waals surface area contributed by atoms with Gasteiger partial charge in [-0.15, -0.1) is 10.2 Å². The topological polar surface area (TPSA) is 73.0 Å². The van der Waals surface area contributed by atoms with Crippen molar-refractivity contribution >= 4 is 50.3 Å². The number of amides is 1. The Balaban J connectivity index is 1.49. The molecule has 0 saturated heterocycles. The van der Waals surface area contributed by atoms with Gasteiger partial charge in [0.15, 0.2) is 10.9 Å². The summed E-state index contributed by atoms with van der Waals surface area (Å²) in [6, 6.07) is 13.7. The average molecular weight is 485 g/mol. The molecule has 0 aliphatic rings. The van der Waals surface area contributed by atoms with E-state index in [0.717, 1.165) is 26.7 Å². The molecular formula is C22H21BrN4O2S. The lowest BCUT2D eigenvalue weighted by atomic mass is 10.1. The van der Waals surface area contributed by atoms with Crippen LogP contribution in [0, 0.1) is 13.8 Å². The number of aromatic nitrogens is 3. The van der Waals surface area contributed by atoms with Gasteiger partial charge in [0.05, 0.1) is 5.75 Å². The molecule has 30 heavy (non-hydrogen) atoms. The maximum Gasteiger partial charge on any atom is 0.234 e. The Bertz CT molecular complexity index is 1230. The molecule has 8 heteroatoms. The molecule has 0 saturated carbocycles. The second-order valence-corrected chi connectivity index (χ2v) is 8.84. The van der Waals surface area contributed by atoms with Crippen molar-refractivity contribution in [2.24, 2.45) is 0 Å². The third-order valence-corrected chi connectivity index (χ3v) is 6.31. The van der Waals surface area contributed by atoms with Crippen molar-refractivity contribution in [3.8, 4) is 11.6 Å². The third-order valence-electron chi connectivity index (χ3n) is 4.85. The Morgan fingerprint density at radius 1 is 1.13 bits per heavy atom. The fourth-order valence-electron chi connectivity index (χ4n) is 3.13. The molecule has 1 N–H and O–H groups in total. The second-order valence-electron chi connectivity index (χ2n) is 6.98. The Morgan fingerprint density at radius 2 is 1.97 bits per heavy atom. The van der Waals surface area contributed by atoms with Gasteiger partial charge in [-0.3, -0.25) is 9.36 Å². The summed E-state index contributed by atoms with van der Waals surface area (Å²) in [5, 5.41) is 13.2. The highest BCUT2D eigenvalue weighted by Crippen LogP contribution is 2.30. The third kappa shape index (κ3) is 4.29. The second kappa shape index (κ2) is 8.65. The maximum absolute atomic E-state index is 12.4. The fourth-order valence-corrected chi connectivity index (χ4v) is 4.31. The summed E-state index contributed by atoms with van der Waals surface area (Å²) in [5.41, 5.74) is 3.94. The summed E-state index contributed by atoms with van der Waals surface area (Å²) in [4.78, 5) is 12.4. The van der Waals surface area contributed by atoms with Gasteiger partial charge in [-0.05, 0) is 68.3 Å². The van der Waals surface area contributed by atoms with Gasteiger partial charge in [0.1, 0.15) is 5.58 Å².